The predicted octanol–water partition coefficient (Wildman–Crippen LogP) is 5.07. The van der Waals surface area contributed by atoms with Crippen LogP contribution in [0.4, 0.5) is 0 Å². The fraction of sp³-hybridized carbons (Fsp3) is 0.960. The van der Waals surface area contributed by atoms with Crippen molar-refractivity contribution in [2.24, 2.45) is 52.3 Å². The van der Waals surface area contributed by atoms with Gasteiger partial charge in [-0.15, -0.1) is 0 Å². The Morgan fingerprint density at radius 3 is 2.31 bits per heavy atom. The third kappa shape index (κ3) is 3.46. The molecule has 0 aromatic carbocycles. The van der Waals surface area contributed by atoms with Gasteiger partial charge in [0.1, 0.15) is 0 Å². The van der Waals surface area contributed by atoms with Gasteiger partial charge in [-0.2, -0.15) is 0 Å². The first-order valence-corrected chi connectivity index (χ1v) is 12.2. The lowest BCUT2D eigenvalue weighted by Crippen LogP contribution is -2.56. The van der Waals surface area contributed by atoms with Gasteiger partial charge in [-0.25, -0.2) is 0 Å². The first kappa shape index (κ1) is 21.6. The van der Waals surface area contributed by atoms with E-state index in [4.69, 9.17) is 0 Å². The Labute approximate surface area is 176 Å². The van der Waals surface area contributed by atoms with Gasteiger partial charge in [0.2, 0.25) is 0 Å². The Balaban J connectivity index is 1.51. The third-order valence-corrected chi connectivity index (χ3v) is 10.6. The molecule has 0 aliphatic heterocycles. The number of carbonyl (C=O) groups is 1. The van der Waals surface area contributed by atoms with Gasteiger partial charge in [0.15, 0.2) is 5.79 Å². The summed E-state index contributed by atoms with van der Waals surface area (Å²) in [5, 5.41) is 29.8. The minimum atomic E-state index is -1.45. The third-order valence-electron chi connectivity index (χ3n) is 10.6. The maximum Gasteiger partial charge on any atom is 0.306 e. The van der Waals surface area contributed by atoms with Gasteiger partial charge < -0.3 is 15.3 Å². The Hall–Kier alpha value is -0.610. The van der Waals surface area contributed by atoms with Crippen LogP contribution < -0.4 is 0 Å². The molecule has 0 bridgehead atoms. The second kappa shape index (κ2) is 7.22. The average Bonchev–Trinajstić information content (AvgIpc) is 2.99. The lowest BCUT2D eigenvalue weighted by molar-refractivity contribution is -0.233. The molecule has 0 spiro atoms. The summed E-state index contributed by atoms with van der Waals surface area (Å²) in [7, 11) is 0. The molecule has 9 atom stereocenters. The molecule has 4 saturated carbocycles. The van der Waals surface area contributed by atoms with Crippen LogP contribution in [0.3, 0.4) is 0 Å². The van der Waals surface area contributed by atoms with Crippen LogP contribution in [0.25, 0.3) is 0 Å². The van der Waals surface area contributed by atoms with Crippen LogP contribution in [0.2, 0.25) is 0 Å². The lowest BCUT2D eigenvalue weighted by Gasteiger charge is -2.61. The van der Waals surface area contributed by atoms with E-state index in [1.807, 2.05) is 6.92 Å². The van der Waals surface area contributed by atoms with E-state index in [-0.39, 0.29) is 11.3 Å². The summed E-state index contributed by atoms with van der Waals surface area (Å²) >= 11 is 0. The zero-order chi connectivity index (χ0) is 21.2. The van der Waals surface area contributed by atoms with E-state index in [1.165, 1.54) is 32.1 Å². The van der Waals surface area contributed by atoms with E-state index in [9.17, 15) is 20.1 Å². The van der Waals surface area contributed by atoms with Crippen LogP contribution in [0, 0.1) is 52.3 Å². The molecule has 0 aromatic rings. The molecular formula is C25H42O4. The fourth-order valence-electron chi connectivity index (χ4n) is 9.02. The fourth-order valence-corrected chi connectivity index (χ4v) is 9.02. The summed E-state index contributed by atoms with van der Waals surface area (Å²) < 4.78 is 0. The normalized spacial score (nSPS) is 48.1. The van der Waals surface area contributed by atoms with Crippen molar-refractivity contribution < 1.29 is 20.1 Å². The second-order valence-electron chi connectivity index (χ2n) is 12.0. The number of fused-ring (bicyclic) bond motifs is 5. The molecule has 4 aliphatic carbocycles. The first-order valence-electron chi connectivity index (χ1n) is 12.2. The quantitative estimate of drug-likeness (QED) is 0.569. The van der Waals surface area contributed by atoms with E-state index in [2.05, 4.69) is 20.8 Å². The van der Waals surface area contributed by atoms with Crippen molar-refractivity contribution in [2.75, 3.05) is 0 Å². The summed E-state index contributed by atoms with van der Waals surface area (Å²) in [6.45, 7) is 9.13. The molecule has 4 rings (SSSR count). The van der Waals surface area contributed by atoms with E-state index in [0.717, 1.165) is 37.0 Å². The summed E-state index contributed by atoms with van der Waals surface area (Å²) in [6.07, 6.45) is 10.3. The Morgan fingerprint density at radius 1 is 0.931 bits per heavy atom. The highest BCUT2D eigenvalue weighted by atomic mass is 16.5. The Kier molecular flexibility index (Phi) is 5.38. The molecule has 4 aliphatic rings. The molecule has 0 amide bonds. The highest BCUT2D eigenvalue weighted by molar-refractivity contribution is 5.69. The van der Waals surface area contributed by atoms with Crippen molar-refractivity contribution >= 4 is 5.97 Å². The predicted molar refractivity (Wildman–Crippen MR) is 113 cm³/mol. The molecule has 29 heavy (non-hydrogen) atoms. The topological polar surface area (TPSA) is 77.8 Å². The molecule has 0 heterocycles. The average molecular weight is 407 g/mol. The number of aliphatic hydroxyl groups is 2. The van der Waals surface area contributed by atoms with Gasteiger partial charge in [0, 0.05) is 12.8 Å². The monoisotopic (exact) mass is 406 g/mol. The van der Waals surface area contributed by atoms with E-state index >= 15 is 0 Å². The smallest absolute Gasteiger partial charge is 0.306 e. The maximum atomic E-state index is 11.4. The van der Waals surface area contributed by atoms with Gasteiger partial charge in [0.05, 0.1) is 5.92 Å². The summed E-state index contributed by atoms with van der Waals surface area (Å²) in [6, 6.07) is 0. The highest BCUT2D eigenvalue weighted by Crippen LogP contribution is 2.68. The van der Waals surface area contributed by atoms with Gasteiger partial charge in [-0.05, 0) is 97.7 Å². The van der Waals surface area contributed by atoms with Crippen LogP contribution in [0.5, 0.6) is 0 Å². The van der Waals surface area contributed by atoms with Crippen molar-refractivity contribution in [2.45, 2.75) is 97.7 Å². The molecule has 4 nitrogen and oxygen atoms in total. The number of hydrogen-bond acceptors (Lipinski definition) is 3. The van der Waals surface area contributed by atoms with Crippen LogP contribution in [-0.2, 0) is 4.79 Å². The van der Waals surface area contributed by atoms with Gasteiger partial charge in [-0.1, -0.05) is 27.7 Å². The molecule has 4 heteroatoms. The van der Waals surface area contributed by atoms with E-state index < -0.39 is 11.8 Å². The second-order valence-corrected chi connectivity index (χ2v) is 12.0. The van der Waals surface area contributed by atoms with Crippen molar-refractivity contribution in [3.8, 4) is 0 Å². The largest absolute Gasteiger partial charge is 0.481 e. The SMILES string of the molecule is C[C@H](C[C@H](C)C(=O)O)[C@H]1CC[C@H]2[C@@H]3CC[C@@H]4CC(O)(O)CC[C@]4(C)[C@H]3CC[C@]12C. The van der Waals surface area contributed by atoms with E-state index in [0.29, 0.717) is 36.0 Å². The summed E-state index contributed by atoms with van der Waals surface area (Å²) in [5.74, 6) is 1.47. The van der Waals surface area contributed by atoms with Crippen LogP contribution >= 0.6 is 0 Å². The van der Waals surface area contributed by atoms with Crippen molar-refractivity contribution in [3.05, 3.63) is 0 Å². The molecule has 0 saturated heterocycles. The van der Waals surface area contributed by atoms with Crippen LogP contribution in [0.15, 0.2) is 0 Å². The minimum absolute atomic E-state index is 0.252. The number of carboxylic acid groups (broad SMARTS) is 1. The standard InChI is InChI=1S/C25H42O4/c1-15(13-16(2)22(26)27)19-7-8-20-18-6-5-17-14-25(28,29)12-11-23(17,3)21(18)9-10-24(19,20)4/h15-21,28-29H,5-14H2,1-4H3,(H,26,27)/t15-,16+,17-,18+,19-,20+,21+,23+,24-/m1/s1. The number of carboxylic acids is 1. The van der Waals surface area contributed by atoms with Gasteiger partial charge >= 0.3 is 5.97 Å². The Morgan fingerprint density at radius 2 is 1.62 bits per heavy atom. The molecule has 3 N–H and O–H groups in total. The first-order chi connectivity index (χ1) is 13.5. The number of aliphatic carboxylic acids is 1. The summed E-state index contributed by atoms with van der Waals surface area (Å²) in [4.78, 5) is 11.4. The van der Waals surface area contributed by atoms with Crippen molar-refractivity contribution in [1.29, 1.82) is 0 Å². The van der Waals surface area contributed by atoms with Crippen molar-refractivity contribution in [3.63, 3.8) is 0 Å². The molecule has 0 radical (unpaired) electrons. The van der Waals surface area contributed by atoms with E-state index in [1.54, 1.807) is 0 Å². The molecule has 0 unspecified atom stereocenters. The molecule has 0 aromatic heterocycles. The van der Waals surface area contributed by atoms with Crippen LogP contribution in [0.1, 0.15) is 91.9 Å². The molecule has 166 valence electrons. The Bertz CT molecular complexity index is 645. The number of rotatable bonds is 4. The maximum absolute atomic E-state index is 11.4. The molecule has 4 fully saturated rings. The van der Waals surface area contributed by atoms with Crippen LogP contribution in [-0.4, -0.2) is 27.1 Å². The minimum Gasteiger partial charge on any atom is -0.481 e. The lowest BCUT2D eigenvalue weighted by atomic mass is 9.44. The number of hydrogen-bond donors (Lipinski definition) is 3. The zero-order valence-corrected chi connectivity index (χ0v) is 18.9. The summed E-state index contributed by atoms with van der Waals surface area (Å²) in [5.41, 5.74) is 0.620. The zero-order valence-electron chi connectivity index (χ0n) is 18.9. The molecular weight excluding hydrogens is 364 g/mol. The van der Waals surface area contributed by atoms with Crippen molar-refractivity contribution in [1.82, 2.24) is 0 Å². The highest BCUT2D eigenvalue weighted by Gasteiger charge is 2.61. The van der Waals surface area contributed by atoms with Gasteiger partial charge in [-0.3, -0.25) is 4.79 Å². The van der Waals surface area contributed by atoms with Gasteiger partial charge in [0.25, 0.3) is 0 Å².